The van der Waals surface area contributed by atoms with E-state index in [0.29, 0.717) is 22.5 Å². The summed E-state index contributed by atoms with van der Waals surface area (Å²) in [5.41, 5.74) is 0.447. The van der Waals surface area contributed by atoms with Gasteiger partial charge in [0.15, 0.2) is 0 Å². The fourth-order valence-electron chi connectivity index (χ4n) is 1.79. The third kappa shape index (κ3) is 3.35. The van der Waals surface area contributed by atoms with Crippen molar-refractivity contribution in [1.29, 1.82) is 0 Å². The van der Waals surface area contributed by atoms with Crippen LogP contribution in [-0.4, -0.2) is 15.5 Å². The number of hydrogen-bond acceptors (Lipinski definition) is 2. The van der Waals surface area contributed by atoms with Crippen LogP contribution in [0.4, 0.5) is 5.95 Å². The molecule has 0 aliphatic heterocycles. The molecule has 4 nitrogen and oxygen atoms in total. The minimum atomic E-state index is -0.248. The van der Waals surface area contributed by atoms with Crippen molar-refractivity contribution in [2.75, 3.05) is 5.32 Å². The fourth-order valence-corrected chi connectivity index (χ4v) is 2.01. The third-order valence-corrected chi connectivity index (χ3v) is 2.95. The van der Waals surface area contributed by atoms with Crippen molar-refractivity contribution in [3.05, 3.63) is 47.2 Å². The Labute approximate surface area is 117 Å². The van der Waals surface area contributed by atoms with E-state index in [4.69, 9.17) is 11.6 Å². The van der Waals surface area contributed by atoms with Crippen molar-refractivity contribution < 1.29 is 4.79 Å². The van der Waals surface area contributed by atoms with Crippen molar-refractivity contribution in [3.63, 3.8) is 0 Å². The summed E-state index contributed by atoms with van der Waals surface area (Å²) in [4.78, 5) is 16.3. The highest BCUT2D eigenvalue weighted by atomic mass is 35.5. The van der Waals surface area contributed by atoms with Gasteiger partial charge < -0.3 is 4.57 Å². The van der Waals surface area contributed by atoms with Crippen LogP contribution in [0.1, 0.15) is 24.2 Å². The normalized spacial score (nSPS) is 10.7. The lowest BCUT2D eigenvalue weighted by molar-refractivity contribution is 0.102. The van der Waals surface area contributed by atoms with Crippen molar-refractivity contribution >= 4 is 23.5 Å². The Balaban J connectivity index is 2.16. The van der Waals surface area contributed by atoms with Crippen LogP contribution in [0, 0.1) is 5.92 Å². The van der Waals surface area contributed by atoms with Crippen LogP contribution in [0.25, 0.3) is 0 Å². The highest BCUT2D eigenvalue weighted by Crippen LogP contribution is 2.17. The van der Waals surface area contributed by atoms with E-state index >= 15 is 0 Å². The monoisotopic (exact) mass is 277 g/mol. The summed E-state index contributed by atoms with van der Waals surface area (Å²) in [7, 11) is 0. The zero-order valence-corrected chi connectivity index (χ0v) is 11.7. The molecule has 100 valence electrons. The summed E-state index contributed by atoms with van der Waals surface area (Å²) in [5, 5.41) is 3.21. The molecule has 0 aliphatic carbocycles. The van der Waals surface area contributed by atoms with Crippen molar-refractivity contribution in [3.8, 4) is 0 Å². The molecule has 5 heteroatoms. The number of carbonyl (C=O) groups excluding carboxylic acids is 1. The van der Waals surface area contributed by atoms with Gasteiger partial charge in [-0.05, 0) is 18.1 Å². The molecule has 0 aliphatic rings. The first-order valence-electron chi connectivity index (χ1n) is 6.15. The fraction of sp³-hybridized carbons (Fsp3) is 0.286. The van der Waals surface area contributed by atoms with Gasteiger partial charge in [-0.25, -0.2) is 4.98 Å². The number of halogens is 1. The maximum atomic E-state index is 12.1. The maximum Gasteiger partial charge on any atom is 0.259 e. The molecule has 2 aromatic rings. The Hall–Kier alpha value is -1.81. The zero-order valence-electron chi connectivity index (χ0n) is 10.9. The number of rotatable bonds is 4. The smallest absolute Gasteiger partial charge is 0.259 e. The molecule has 1 aromatic heterocycles. The Bertz CT molecular complexity index is 578. The SMILES string of the molecule is CC(C)Cn1ccnc1NC(=O)c1ccccc1Cl. The van der Waals surface area contributed by atoms with E-state index in [2.05, 4.69) is 24.1 Å². The molecule has 0 saturated carbocycles. The lowest BCUT2D eigenvalue weighted by Crippen LogP contribution is -2.17. The predicted molar refractivity (Wildman–Crippen MR) is 76.5 cm³/mol. The molecule has 0 bridgehead atoms. The standard InChI is InChI=1S/C14H16ClN3O/c1-10(2)9-18-8-7-16-14(18)17-13(19)11-5-3-4-6-12(11)15/h3-8,10H,9H2,1-2H3,(H,16,17,19). The number of benzene rings is 1. The van der Waals surface area contributed by atoms with Gasteiger partial charge >= 0.3 is 0 Å². The molecule has 1 heterocycles. The van der Waals surface area contributed by atoms with E-state index in [1.807, 2.05) is 10.8 Å². The lowest BCUT2D eigenvalue weighted by atomic mass is 10.2. The van der Waals surface area contributed by atoms with E-state index < -0.39 is 0 Å². The lowest BCUT2D eigenvalue weighted by Gasteiger charge is -2.11. The Morgan fingerprint density at radius 1 is 1.42 bits per heavy atom. The van der Waals surface area contributed by atoms with E-state index in [-0.39, 0.29) is 5.91 Å². The quantitative estimate of drug-likeness (QED) is 0.930. The van der Waals surface area contributed by atoms with Crippen LogP contribution >= 0.6 is 11.6 Å². The van der Waals surface area contributed by atoms with Crippen LogP contribution in [-0.2, 0) is 6.54 Å². The van der Waals surface area contributed by atoms with E-state index in [1.165, 1.54) is 0 Å². The number of anilines is 1. The summed E-state index contributed by atoms with van der Waals surface area (Å²) in [5.74, 6) is 0.769. The van der Waals surface area contributed by atoms with Crippen molar-refractivity contribution in [2.45, 2.75) is 20.4 Å². The molecule has 2 rings (SSSR count). The van der Waals surface area contributed by atoms with Gasteiger partial charge in [0, 0.05) is 18.9 Å². The third-order valence-electron chi connectivity index (χ3n) is 2.62. The second kappa shape index (κ2) is 5.89. The number of carbonyl (C=O) groups is 1. The summed E-state index contributed by atoms with van der Waals surface area (Å²) in [6.07, 6.45) is 3.52. The van der Waals surface area contributed by atoms with Gasteiger partial charge in [0.1, 0.15) is 0 Å². The van der Waals surface area contributed by atoms with E-state index in [0.717, 1.165) is 6.54 Å². The largest absolute Gasteiger partial charge is 0.317 e. The first kappa shape index (κ1) is 13.6. The molecule has 0 saturated heterocycles. The molecule has 19 heavy (non-hydrogen) atoms. The van der Waals surface area contributed by atoms with Gasteiger partial charge in [-0.2, -0.15) is 0 Å². The van der Waals surface area contributed by atoms with Gasteiger partial charge in [-0.15, -0.1) is 0 Å². The molecule has 0 unspecified atom stereocenters. The second-order valence-corrected chi connectivity index (χ2v) is 5.14. The first-order valence-corrected chi connectivity index (χ1v) is 6.52. The number of nitrogens with zero attached hydrogens (tertiary/aromatic N) is 2. The molecule has 0 fully saturated rings. The summed E-state index contributed by atoms with van der Waals surface area (Å²) < 4.78 is 1.92. The number of nitrogens with one attached hydrogen (secondary N) is 1. The van der Waals surface area contributed by atoms with Gasteiger partial charge in [0.25, 0.3) is 5.91 Å². The highest BCUT2D eigenvalue weighted by Gasteiger charge is 2.13. The Morgan fingerprint density at radius 2 is 2.16 bits per heavy atom. The second-order valence-electron chi connectivity index (χ2n) is 4.73. The van der Waals surface area contributed by atoms with E-state index in [9.17, 15) is 4.79 Å². The molecule has 1 N–H and O–H groups in total. The topological polar surface area (TPSA) is 46.9 Å². The molecule has 0 radical (unpaired) electrons. The first-order chi connectivity index (χ1) is 9.08. The Morgan fingerprint density at radius 3 is 2.84 bits per heavy atom. The number of hydrogen-bond donors (Lipinski definition) is 1. The Kier molecular flexibility index (Phi) is 4.22. The minimum Gasteiger partial charge on any atom is -0.317 e. The minimum absolute atomic E-state index is 0.248. The van der Waals surface area contributed by atoms with Gasteiger partial charge in [0.2, 0.25) is 5.95 Å². The summed E-state index contributed by atoms with van der Waals surface area (Å²) in [6, 6.07) is 6.95. The van der Waals surface area contributed by atoms with E-state index in [1.54, 1.807) is 30.5 Å². The van der Waals surface area contributed by atoms with Crippen LogP contribution in [0.5, 0.6) is 0 Å². The summed E-state index contributed by atoms with van der Waals surface area (Å²) in [6.45, 7) is 5.03. The van der Waals surface area contributed by atoms with Crippen molar-refractivity contribution in [1.82, 2.24) is 9.55 Å². The van der Waals surface area contributed by atoms with Crippen LogP contribution in [0.3, 0.4) is 0 Å². The van der Waals surface area contributed by atoms with Crippen LogP contribution in [0.15, 0.2) is 36.7 Å². The van der Waals surface area contributed by atoms with Crippen LogP contribution < -0.4 is 5.32 Å². The van der Waals surface area contributed by atoms with Gasteiger partial charge in [-0.3, -0.25) is 10.1 Å². The number of amides is 1. The molecule has 0 spiro atoms. The zero-order chi connectivity index (χ0) is 13.8. The average Bonchev–Trinajstić information content (AvgIpc) is 2.76. The summed E-state index contributed by atoms with van der Waals surface area (Å²) >= 11 is 6.00. The molecular weight excluding hydrogens is 262 g/mol. The number of aromatic nitrogens is 2. The molecule has 1 aromatic carbocycles. The predicted octanol–water partition coefficient (Wildman–Crippen LogP) is 3.44. The van der Waals surface area contributed by atoms with Crippen LogP contribution in [0.2, 0.25) is 5.02 Å². The molecular formula is C14H16ClN3O. The number of imidazole rings is 1. The van der Waals surface area contributed by atoms with Gasteiger partial charge in [0.05, 0.1) is 10.6 Å². The average molecular weight is 278 g/mol. The van der Waals surface area contributed by atoms with Crippen molar-refractivity contribution in [2.24, 2.45) is 5.92 Å². The molecule has 1 amide bonds. The molecule has 0 atom stereocenters. The highest BCUT2D eigenvalue weighted by molar-refractivity contribution is 6.34. The maximum absolute atomic E-state index is 12.1. The van der Waals surface area contributed by atoms with Gasteiger partial charge in [-0.1, -0.05) is 37.6 Å².